The van der Waals surface area contributed by atoms with Crippen LogP contribution >= 0.6 is 11.6 Å². The van der Waals surface area contributed by atoms with Crippen molar-refractivity contribution in [2.75, 3.05) is 37.7 Å². The summed E-state index contributed by atoms with van der Waals surface area (Å²) in [5.74, 6) is 0.405. The highest BCUT2D eigenvalue weighted by Crippen LogP contribution is 2.26. The number of benzene rings is 2. The molecule has 2 aromatic carbocycles. The minimum Gasteiger partial charge on any atom is -0.494 e. The number of sulfonamides is 1. The molecule has 1 aliphatic heterocycles. The van der Waals surface area contributed by atoms with Crippen LogP contribution in [0.4, 0.5) is 5.69 Å². The van der Waals surface area contributed by atoms with Crippen LogP contribution in [0.5, 0.6) is 5.75 Å². The summed E-state index contributed by atoms with van der Waals surface area (Å²) in [5.41, 5.74) is 2.91. The first-order valence-electron chi connectivity index (χ1n) is 10.7. The monoisotopic (exact) mass is 479 g/mol. The molecule has 0 aliphatic carbocycles. The van der Waals surface area contributed by atoms with Crippen molar-refractivity contribution in [1.29, 1.82) is 0 Å². The molecule has 1 fully saturated rings. The average Bonchev–Trinajstić information content (AvgIpc) is 2.76. The quantitative estimate of drug-likeness (QED) is 0.658. The van der Waals surface area contributed by atoms with Crippen LogP contribution in [0, 0.1) is 13.8 Å². The van der Waals surface area contributed by atoms with Crippen LogP contribution in [0.3, 0.4) is 0 Å². The van der Waals surface area contributed by atoms with Crippen molar-refractivity contribution >= 4 is 33.2 Å². The van der Waals surface area contributed by atoms with Gasteiger partial charge in [0.05, 0.1) is 17.5 Å². The van der Waals surface area contributed by atoms with E-state index in [2.05, 4.69) is 9.62 Å². The van der Waals surface area contributed by atoms with E-state index in [0.29, 0.717) is 43.6 Å². The minimum atomic E-state index is -3.84. The fourth-order valence-corrected chi connectivity index (χ4v) is 5.27. The Kier molecular flexibility index (Phi) is 7.69. The van der Waals surface area contributed by atoms with E-state index in [0.717, 1.165) is 16.8 Å². The molecule has 1 aliphatic rings. The predicted octanol–water partition coefficient (Wildman–Crippen LogP) is 3.37. The lowest BCUT2D eigenvalue weighted by Crippen LogP contribution is -2.54. The summed E-state index contributed by atoms with van der Waals surface area (Å²) in [5, 5.41) is 0.677. The normalized spacial score (nSPS) is 15.5. The first-order chi connectivity index (χ1) is 15.1. The number of piperazine rings is 1. The maximum absolute atomic E-state index is 12.9. The van der Waals surface area contributed by atoms with Gasteiger partial charge in [0.2, 0.25) is 15.9 Å². The standard InChI is InChI=1S/C23H30ClN3O4S/c1-5-31-22-9-8-20(14-17(22)3)32(29,30)25-18(4)23(28)27-12-10-26(11-13-27)21-15-19(24)7-6-16(21)2/h6-9,14-15,18,25H,5,10-13H2,1-4H3/t18-/m0/s1. The second-order valence-corrected chi connectivity index (χ2v) is 10.1. The number of hydrogen-bond acceptors (Lipinski definition) is 5. The summed E-state index contributed by atoms with van der Waals surface area (Å²) in [4.78, 5) is 16.9. The third kappa shape index (κ3) is 5.54. The van der Waals surface area contributed by atoms with E-state index < -0.39 is 16.1 Å². The summed E-state index contributed by atoms with van der Waals surface area (Å²) in [6.07, 6.45) is 0. The van der Waals surface area contributed by atoms with Gasteiger partial charge in [-0.25, -0.2) is 8.42 Å². The van der Waals surface area contributed by atoms with Gasteiger partial charge in [-0.1, -0.05) is 17.7 Å². The van der Waals surface area contributed by atoms with Gasteiger partial charge in [-0.15, -0.1) is 0 Å². The summed E-state index contributed by atoms with van der Waals surface area (Å²) in [6.45, 7) is 10.1. The second kappa shape index (κ2) is 10.1. The van der Waals surface area contributed by atoms with Crippen molar-refractivity contribution in [2.24, 2.45) is 0 Å². The highest BCUT2D eigenvalue weighted by molar-refractivity contribution is 7.89. The number of ether oxygens (including phenoxy) is 1. The number of anilines is 1. The maximum Gasteiger partial charge on any atom is 0.241 e. The van der Waals surface area contributed by atoms with Crippen LogP contribution < -0.4 is 14.4 Å². The highest BCUT2D eigenvalue weighted by atomic mass is 35.5. The number of hydrogen-bond donors (Lipinski definition) is 1. The number of rotatable bonds is 7. The van der Waals surface area contributed by atoms with Gasteiger partial charge in [0.1, 0.15) is 5.75 Å². The first kappa shape index (κ1) is 24.4. The number of amides is 1. The van der Waals surface area contributed by atoms with Gasteiger partial charge in [0, 0.05) is 36.9 Å². The Labute approximate surface area is 195 Å². The van der Waals surface area contributed by atoms with Gasteiger partial charge in [0.15, 0.2) is 0 Å². The zero-order chi connectivity index (χ0) is 23.5. The molecule has 1 saturated heterocycles. The smallest absolute Gasteiger partial charge is 0.241 e. The lowest BCUT2D eigenvalue weighted by Gasteiger charge is -2.37. The SMILES string of the molecule is CCOc1ccc(S(=O)(=O)N[C@@H](C)C(=O)N2CCN(c3cc(Cl)ccc3C)CC2)cc1C. The van der Waals surface area contributed by atoms with Gasteiger partial charge >= 0.3 is 0 Å². The average molecular weight is 480 g/mol. The van der Waals surface area contributed by atoms with E-state index in [-0.39, 0.29) is 10.8 Å². The molecule has 1 amide bonds. The fourth-order valence-electron chi connectivity index (χ4n) is 3.82. The van der Waals surface area contributed by atoms with Gasteiger partial charge in [-0.3, -0.25) is 4.79 Å². The van der Waals surface area contributed by atoms with E-state index in [9.17, 15) is 13.2 Å². The molecular weight excluding hydrogens is 450 g/mol. The van der Waals surface area contributed by atoms with Gasteiger partial charge in [-0.2, -0.15) is 4.72 Å². The Hall–Kier alpha value is -2.29. The molecule has 1 N–H and O–H groups in total. The van der Waals surface area contributed by atoms with E-state index in [4.69, 9.17) is 16.3 Å². The lowest BCUT2D eigenvalue weighted by molar-refractivity contribution is -0.132. The highest BCUT2D eigenvalue weighted by Gasteiger charge is 2.29. The number of carbonyl (C=O) groups is 1. The first-order valence-corrected chi connectivity index (χ1v) is 12.5. The molecule has 3 rings (SSSR count). The molecular formula is C23H30ClN3O4S. The molecule has 0 bridgehead atoms. The van der Waals surface area contributed by atoms with E-state index in [1.54, 1.807) is 30.9 Å². The topological polar surface area (TPSA) is 78.9 Å². The van der Waals surface area contributed by atoms with E-state index in [1.807, 2.05) is 32.0 Å². The van der Waals surface area contributed by atoms with Crippen molar-refractivity contribution in [1.82, 2.24) is 9.62 Å². The molecule has 0 saturated carbocycles. The molecule has 0 radical (unpaired) electrons. The third-order valence-corrected chi connectivity index (χ3v) is 7.34. The van der Waals surface area contributed by atoms with Crippen molar-refractivity contribution in [3.8, 4) is 5.75 Å². The molecule has 174 valence electrons. The number of nitrogens with zero attached hydrogens (tertiary/aromatic N) is 2. The van der Waals surface area contributed by atoms with E-state index in [1.165, 1.54) is 6.07 Å². The summed E-state index contributed by atoms with van der Waals surface area (Å²) in [6, 6.07) is 9.58. The maximum atomic E-state index is 12.9. The Morgan fingerprint density at radius 3 is 2.41 bits per heavy atom. The number of aryl methyl sites for hydroxylation is 2. The van der Waals surface area contributed by atoms with E-state index >= 15 is 0 Å². The minimum absolute atomic E-state index is 0.111. The Morgan fingerprint density at radius 2 is 1.78 bits per heavy atom. The van der Waals surface area contributed by atoms with Crippen LogP contribution in [0.15, 0.2) is 41.3 Å². The Morgan fingerprint density at radius 1 is 1.09 bits per heavy atom. The van der Waals surface area contributed by atoms with Gasteiger partial charge < -0.3 is 14.5 Å². The van der Waals surface area contributed by atoms with Gasteiger partial charge in [-0.05, 0) is 69.2 Å². The molecule has 1 heterocycles. The van der Waals surface area contributed by atoms with Crippen molar-refractivity contribution < 1.29 is 17.9 Å². The largest absolute Gasteiger partial charge is 0.494 e. The van der Waals surface area contributed by atoms with Crippen LogP contribution in [0.1, 0.15) is 25.0 Å². The molecule has 0 unspecified atom stereocenters. The van der Waals surface area contributed by atoms with Crippen LogP contribution in [-0.4, -0.2) is 58.1 Å². The van der Waals surface area contributed by atoms with Crippen molar-refractivity contribution in [3.63, 3.8) is 0 Å². The predicted molar refractivity (Wildman–Crippen MR) is 127 cm³/mol. The second-order valence-electron chi connectivity index (χ2n) is 7.95. The molecule has 1 atom stereocenters. The van der Waals surface area contributed by atoms with Crippen molar-refractivity contribution in [3.05, 3.63) is 52.5 Å². The Bertz CT molecular complexity index is 1080. The molecule has 2 aromatic rings. The number of halogens is 1. The van der Waals surface area contributed by atoms with Crippen molar-refractivity contribution in [2.45, 2.75) is 38.6 Å². The molecule has 32 heavy (non-hydrogen) atoms. The third-order valence-electron chi connectivity index (χ3n) is 5.56. The van der Waals surface area contributed by atoms with Crippen LogP contribution in [-0.2, 0) is 14.8 Å². The molecule has 9 heteroatoms. The molecule has 7 nitrogen and oxygen atoms in total. The fraction of sp³-hybridized carbons (Fsp3) is 0.435. The number of nitrogens with one attached hydrogen (secondary N) is 1. The molecule has 0 aromatic heterocycles. The summed E-state index contributed by atoms with van der Waals surface area (Å²) < 4.78 is 33.6. The Balaban J connectivity index is 1.62. The summed E-state index contributed by atoms with van der Waals surface area (Å²) in [7, 11) is -3.84. The zero-order valence-electron chi connectivity index (χ0n) is 18.9. The lowest BCUT2D eigenvalue weighted by atomic mass is 10.1. The van der Waals surface area contributed by atoms with Crippen LogP contribution in [0.2, 0.25) is 5.02 Å². The van der Waals surface area contributed by atoms with Crippen LogP contribution in [0.25, 0.3) is 0 Å². The summed E-state index contributed by atoms with van der Waals surface area (Å²) >= 11 is 6.14. The van der Waals surface area contributed by atoms with Gasteiger partial charge in [0.25, 0.3) is 0 Å². The number of carbonyl (C=O) groups excluding carboxylic acids is 1. The molecule has 0 spiro atoms. The zero-order valence-corrected chi connectivity index (χ0v) is 20.5.